The number of aryl methyl sites for hydroxylation is 1. The molecule has 4 nitrogen and oxygen atoms in total. The molecule has 4 heteroatoms. The molecule has 1 aromatic rings. The second-order valence-corrected chi connectivity index (χ2v) is 5.93. The van der Waals surface area contributed by atoms with Gasteiger partial charge < -0.3 is 15.3 Å². The average Bonchev–Trinajstić information content (AvgIpc) is 2.47. The van der Waals surface area contributed by atoms with Gasteiger partial charge in [0.2, 0.25) is 0 Å². The lowest BCUT2D eigenvalue weighted by atomic mass is 10.0. The summed E-state index contributed by atoms with van der Waals surface area (Å²) < 4.78 is 0. The highest BCUT2D eigenvalue weighted by atomic mass is 16.4. The summed E-state index contributed by atoms with van der Waals surface area (Å²) in [4.78, 5) is 13.5. The summed E-state index contributed by atoms with van der Waals surface area (Å²) in [6, 6.07) is 8.25. The van der Waals surface area contributed by atoms with E-state index in [2.05, 4.69) is 49.2 Å². The molecule has 0 aromatic heterocycles. The van der Waals surface area contributed by atoms with E-state index in [4.69, 9.17) is 0 Å². The predicted octanol–water partition coefficient (Wildman–Crippen LogP) is 1.88. The van der Waals surface area contributed by atoms with Gasteiger partial charge in [0.15, 0.2) is 0 Å². The fraction of sp³-hybridized carbons (Fsp3) is 0.533. The average molecular weight is 262 g/mol. The molecule has 1 aliphatic heterocycles. The molecule has 1 fully saturated rings. The second-order valence-electron chi connectivity index (χ2n) is 5.93. The lowest BCUT2D eigenvalue weighted by molar-refractivity contribution is -0.141. The summed E-state index contributed by atoms with van der Waals surface area (Å²) in [5.41, 5.74) is 2.19. The Labute approximate surface area is 114 Å². The highest BCUT2D eigenvalue weighted by molar-refractivity contribution is 5.71. The minimum Gasteiger partial charge on any atom is -0.481 e. The van der Waals surface area contributed by atoms with Crippen molar-refractivity contribution >= 4 is 11.7 Å². The summed E-state index contributed by atoms with van der Waals surface area (Å²) in [6.07, 6.45) is 0. The van der Waals surface area contributed by atoms with E-state index >= 15 is 0 Å². The molecule has 0 saturated carbocycles. The van der Waals surface area contributed by atoms with E-state index in [1.807, 2.05) is 6.07 Å². The van der Waals surface area contributed by atoms with E-state index in [0.717, 1.165) is 12.2 Å². The molecule has 0 radical (unpaired) electrons. The monoisotopic (exact) mass is 262 g/mol. The Balaban J connectivity index is 2.34. The molecule has 1 heterocycles. The van der Waals surface area contributed by atoms with Crippen LogP contribution in [0.25, 0.3) is 0 Å². The number of carboxylic acids is 1. The summed E-state index contributed by atoms with van der Waals surface area (Å²) >= 11 is 0. The number of nitrogens with zero attached hydrogens (tertiary/aromatic N) is 1. The maximum Gasteiger partial charge on any atom is 0.309 e. The lowest BCUT2D eigenvalue weighted by Gasteiger charge is -2.39. The molecule has 1 aliphatic rings. The molecule has 2 N–H and O–H groups in total. The largest absolute Gasteiger partial charge is 0.481 e. The van der Waals surface area contributed by atoms with Crippen molar-refractivity contribution in [3.05, 3.63) is 29.8 Å². The van der Waals surface area contributed by atoms with E-state index in [1.54, 1.807) is 0 Å². The number of hydrogen-bond donors (Lipinski definition) is 2. The third-order valence-electron chi connectivity index (χ3n) is 3.74. The first kappa shape index (κ1) is 13.9. The van der Waals surface area contributed by atoms with Crippen molar-refractivity contribution in [1.29, 1.82) is 0 Å². The third-order valence-corrected chi connectivity index (χ3v) is 3.74. The number of benzene rings is 1. The smallest absolute Gasteiger partial charge is 0.309 e. The highest BCUT2D eigenvalue weighted by Gasteiger charge is 2.34. The van der Waals surface area contributed by atoms with Crippen molar-refractivity contribution in [1.82, 2.24) is 5.32 Å². The zero-order chi connectivity index (χ0) is 14.0. The van der Waals surface area contributed by atoms with E-state index in [0.29, 0.717) is 13.1 Å². The van der Waals surface area contributed by atoms with Gasteiger partial charge in [-0.25, -0.2) is 0 Å². The standard InChI is InChI=1S/C15H22N2O2/c1-11-5-4-6-13(7-11)17-9-12(14(18)19)8-16-10-15(17,2)3/h4-7,12,16H,8-10H2,1-3H3,(H,18,19). The van der Waals surface area contributed by atoms with Crippen molar-refractivity contribution in [3.63, 3.8) is 0 Å². The summed E-state index contributed by atoms with van der Waals surface area (Å²) in [7, 11) is 0. The summed E-state index contributed by atoms with van der Waals surface area (Å²) in [5, 5.41) is 12.5. The van der Waals surface area contributed by atoms with Crippen LogP contribution in [0.4, 0.5) is 5.69 Å². The molecule has 19 heavy (non-hydrogen) atoms. The molecule has 0 spiro atoms. The van der Waals surface area contributed by atoms with Gasteiger partial charge >= 0.3 is 5.97 Å². The Hall–Kier alpha value is -1.55. The SMILES string of the molecule is Cc1cccc(N2CC(C(=O)O)CNCC2(C)C)c1. The number of anilines is 1. The molecule has 0 bridgehead atoms. The molecule has 0 amide bonds. The van der Waals surface area contributed by atoms with Gasteiger partial charge in [0.25, 0.3) is 0 Å². The van der Waals surface area contributed by atoms with Crippen LogP contribution in [-0.4, -0.2) is 36.2 Å². The Morgan fingerprint density at radius 1 is 1.47 bits per heavy atom. The van der Waals surface area contributed by atoms with Gasteiger partial charge in [-0.3, -0.25) is 4.79 Å². The molecule has 0 aliphatic carbocycles. The number of aliphatic carboxylic acids is 1. The Kier molecular flexibility index (Phi) is 3.80. The van der Waals surface area contributed by atoms with Crippen LogP contribution < -0.4 is 10.2 Å². The van der Waals surface area contributed by atoms with Gasteiger partial charge in [-0.2, -0.15) is 0 Å². The zero-order valence-electron chi connectivity index (χ0n) is 11.8. The first-order valence-corrected chi connectivity index (χ1v) is 6.68. The Morgan fingerprint density at radius 2 is 2.21 bits per heavy atom. The Morgan fingerprint density at radius 3 is 2.84 bits per heavy atom. The van der Waals surface area contributed by atoms with Crippen LogP contribution in [0.2, 0.25) is 0 Å². The van der Waals surface area contributed by atoms with Crippen molar-refractivity contribution in [2.24, 2.45) is 5.92 Å². The quantitative estimate of drug-likeness (QED) is 0.854. The van der Waals surface area contributed by atoms with E-state index in [1.165, 1.54) is 5.56 Å². The molecule has 1 atom stereocenters. The molecule has 104 valence electrons. The first-order valence-electron chi connectivity index (χ1n) is 6.68. The second kappa shape index (κ2) is 5.21. The van der Waals surface area contributed by atoms with Gasteiger partial charge in [0.05, 0.1) is 5.92 Å². The predicted molar refractivity (Wildman–Crippen MR) is 76.6 cm³/mol. The number of carboxylic acid groups (broad SMARTS) is 1. The van der Waals surface area contributed by atoms with Crippen LogP contribution in [0, 0.1) is 12.8 Å². The van der Waals surface area contributed by atoms with Gasteiger partial charge in [0.1, 0.15) is 0 Å². The van der Waals surface area contributed by atoms with Crippen LogP contribution >= 0.6 is 0 Å². The fourth-order valence-corrected chi connectivity index (χ4v) is 2.60. The van der Waals surface area contributed by atoms with Gasteiger partial charge in [-0.15, -0.1) is 0 Å². The molecule has 1 unspecified atom stereocenters. The van der Waals surface area contributed by atoms with Crippen molar-refractivity contribution in [2.75, 3.05) is 24.5 Å². The number of nitrogens with one attached hydrogen (secondary N) is 1. The number of hydrogen-bond acceptors (Lipinski definition) is 3. The highest BCUT2D eigenvalue weighted by Crippen LogP contribution is 2.27. The van der Waals surface area contributed by atoms with Crippen LogP contribution in [0.1, 0.15) is 19.4 Å². The normalized spacial score (nSPS) is 22.9. The number of rotatable bonds is 2. The van der Waals surface area contributed by atoms with Crippen molar-refractivity contribution in [2.45, 2.75) is 26.3 Å². The molecule has 2 rings (SSSR count). The molecule has 1 saturated heterocycles. The van der Waals surface area contributed by atoms with Crippen molar-refractivity contribution < 1.29 is 9.90 Å². The molecular weight excluding hydrogens is 240 g/mol. The Bertz CT molecular complexity index is 471. The number of carbonyl (C=O) groups is 1. The lowest BCUT2D eigenvalue weighted by Crippen LogP contribution is -2.49. The first-order chi connectivity index (χ1) is 8.90. The summed E-state index contributed by atoms with van der Waals surface area (Å²) in [5.74, 6) is -1.11. The van der Waals surface area contributed by atoms with Crippen molar-refractivity contribution in [3.8, 4) is 0 Å². The molecular formula is C15H22N2O2. The van der Waals surface area contributed by atoms with Crippen LogP contribution in [0.15, 0.2) is 24.3 Å². The van der Waals surface area contributed by atoms with Gasteiger partial charge in [-0.1, -0.05) is 12.1 Å². The van der Waals surface area contributed by atoms with Crippen LogP contribution in [0.3, 0.4) is 0 Å². The van der Waals surface area contributed by atoms with Crippen LogP contribution in [-0.2, 0) is 4.79 Å². The van der Waals surface area contributed by atoms with E-state index in [-0.39, 0.29) is 11.5 Å². The maximum absolute atomic E-state index is 11.3. The van der Waals surface area contributed by atoms with Gasteiger partial charge in [0, 0.05) is 30.9 Å². The van der Waals surface area contributed by atoms with E-state index < -0.39 is 5.97 Å². The topological polar surface area (TPSA) is 52.6 Å². The van der Waals surface area contributed by atoms with E-state index in [9.17, 15) is 9.90 Å². The van der Waals surface area contributed by atoms with Crippen LogP contribution in [0.5, 0.6) is 0 Å². The minimum atomic E-state index is -0.733. The third kappa shape index (κ3) is 3.07. The zero-order valence-corrected chi connectivity index (χ0v) is 11.8. The fourth-order valence-electron chi connectivity index (χ4n) is 2.60. The summed E-state index contributed by atoms with van der Waals surface area (Å²) in [6.45, 7) is 8.20. The van der Waals surface area contributed by atoms with Gasteiger partial charge in [-0.05, 0) is 38.5 Å². The minimum absolute atomic E-state index is 0.0992. The maximum atomic E-state index is 11.3. The molecule has 1 aromatic carbocycles.